The van der Waals surface area contributed by atoms with E-state index in [1.165, 1.54) is 0 Å². The first kappa shape index (κ1) is 19.5. The normalized spacial score (nSPS) is 11.6. The molecule has 0 heterocycles. The quantitative estimate of drug-likeness (QED) is 0.532. The summed E-state index contributed by atoms with van der Waals surface area (Å²) in [5, 5.41) is 32.4. The predicted octanol–water partition coefficient (Wildman–Crippen LogP) is 3.56. The number of sulfone groups is 1. The van der Waals surface area contributed by atoms with Crippen LogP contribution in [0.3, 0.4) is 0 Å². The van der Waals surface area contributed by atoms with Crippen molar-refractivity contribution in [2.24, 2.45) is 0 Å². The molecule has 1 N–H and O–H groups in total. The third kappa shape index (κ3) is 4.86. The van der Waals surface area contributed by atoms with Gasteiger partial charge in [0.2, 0.25) is 5.75 Å². The number of phenolic OH excluding ortho intramolecular Hbond substituents is 1. The lowest BCUT2D eigenvalue weighted by Gasteiger charge is -2.03. The van der Waals surface area contributed by atoms with Crippen molar-refractivity contribution in [1.82, 2.24) is 0 Å². The average molecular weight is 443 g/mol. The number of hydrogen-bond acceptors (Lipinski definition) is 7. The lowest BCUT2D eigenvalue weighted by atomic mass is 10.1. The maximum Gasteiger partial charge on any atom is 0.318 e. The Morgan fingerprint density at radius 3 is 2.23 bits per heavy atom. The minimum Gasteiger partial charge on any atom is -0.502 e. The molecule has 0 radical (unpaired) electrons. The molecule has 0 aromatic heterocycles. The molecule has 2 aromatic carbocycles. The molecule has 0 atom stereocenters. The SMILES string of the molecule is O=[N+]([O-])c1cc(/C=C/S(=O)(=O)Cc2ccc(Br)cc2)c(O)c([N+](=O)[O-])c1. The number of nitrogens with zero attached hydrogens (tertiary/aromatic N) is 2. The maximum absolute atomic E-state index is 12.2. The van der Waals surface area contributed by atoms with Gasteiger partial charge in [-0.3, -0.25) is 20.2 Å². The van der Waals surface area contributed by atoms with E-state index in [0.717, 1.165) is 22.0 Å². The van der Waals surface area contributed by atoms with Gasteiger partial charge in [-0.1, -0.05) is 28.1 Å². The Labute approximate surface area is 155 Å². The second kappa shape index (κ2) is 7.62. The lowest BCUT2D eigenvalue weighted by molar-refractivity contribution is -0.394. The molecule has 0 spiro atoms. The predicted molar refractivity (Wildman–Crippen MR) is 97.2 cm³/mol. The molecule has 136 valence electrons. The van der Waals surface area contributed by atoms with Gasteiger partial charge in [0.15, 0.2) is 9.84 Å². The van der Waals surface area contributed by atoms with Gasteiger partial charge in [-0.05, 0) is 23.8 Å². The van der Waals surface area contributed by atoms with E-state index in [1.807, 2.05) is 0 Å². The molecular weight excluding hydrogens is 432 g/mol. The highest BCUT2D eigenvalue weighted by Crippen LogP contribution is 2.35. The zero-order chi connectivity index (χ0) is 19.5. The number of nitro groups is 2. The van der Waals surface area contributed by atoms with Crippen molar-refractivity contribution in [2.45, 2.75) is 5.75 Å². The number of non-ortho nitro benzene ring substituents is 1. The average Bonchev–Trinajstić information content (AvgIpc) is 2.55. The van der Waals surface area contributed by atoms with Crippen LogP contribution in [-0.2, 0) is 15.6 Å². The molecule has 2 aromatic rings. The monoisotopic (exact) mass is 442 g/mol. The smallest absolute Gasteiger partial charge is 0.318 e. The summed E-state index contributed by atoms with van der Waals surface area (Å²) in [6.45, 7) is 0. The summed E-state index contributed by atoms with van der Waals surface area (Å²) < 4.78 is 25.1. The van der Waals surface area contributed by atoms with Gasteiger partial charge >= 0.3 is 5.69 Å². The summed E-state index contributed by atoms with van der Waals surface area (Å²) >= 11 is 3.23. The number of nitro benzene ring substituents is 2. The van der Waals surface area contributed by atoms with Crippen LogP contribution >= 0.6 is 15.9 Å². The van der Waals surface area contributed by atoms with E-state index in [4.69, 9.17) is 0 Å². The molecule has 0 aliphatic carbocycles. The summed E-state index contributed by atoms with van der Waals surface area (Å²) in [4.78, 5) is 19.9. The van der Waals surface area contributed by atoms with Crippen molar-refractivity contribution in [3.05, 3.63) is 77.6 Å². The second-order valence-electron chi connectivity index (χ2n) is 5.15. The van der Waals surface area contributed by atoms with Gasteiger partial charge in [-0.25, -0.2) is 8.42 Å². The fourth-order valence-electron chi connectivity index (χ4n) is 2.04. The van der Waals surface area contributed by atoms with E-state index in [-0.39, 0.29) is 11.3 Å². The number of aromatic hydroxyl groups is 1. The van der Waals surface area contributed by atoms with Crippen LogP contribution in [-0.4, -0.2) is 23.4 Å². The number of halogens is 1. The van der Waals surface area contributed by atoms with Gasteiger partial charge in [-0.15, -0.1) is 0 Å². The summed E-state index contributed by atoms with van der Waals surface area (Å²) in [6.07, 6.45) is 0.892. The topological polar surface area (TPSA) is 141 Å². The summed E-state index contributed by atoms with van der Waals surface area (Å²) in [6, 6.07) is 8.00. The Morgan fingerprint density at radius 1 is 1.08 bits per heavy atom. The molecule has 0 saturated carbocycles. The van der Waals surface area contributed by atoms with E-state index in [1.54, 1.807) is 24.3 Å². The van der Waals surface area contributed by atoms with Gasteiger partial charge in [0, 0.05) is 21.5 Å². The Hall–Kier alpha value is -2.79. The summed E-state index contributed by atoms with van der Waals surface area (Å²) in [7, 11) is -3.78. The molecule has 0 aliphatic heterocycles. The molecule has 0 unspecified atom stereocenters. The molecule has 0 aliphatic rings. The van der Waals surface area contributed by atoms with Crippen molar-refractivity contribution < 1.29 is 23.4 Å². The van der Waals surface area contributed by atoms with Gasteiger partial charge in [-0.2, -0.15) is 0 Å². The standard InChI is InChI=1S/C15H11BrN2O7S/c16-12-3-1-10(2-4-12)9-26(24,25)6-5-11-7-13(17(20)21)8-14(15(11)19)18(22)23/h1-8,19H,9H2/b6-5+. The molecule has 0 bridgehead atoms. The summed E-state index contributed by atoms with van der Waals surface area (Å²) in [5.74, 6) is -1.19. The van der Waals surface area contributed by atoms with Crippen LogP contribution in [0.4, 0.5) is 11.4 Å². The van der Waals surface area contributed by atoms with Crippen LogP contribution in [0.1, 0.15) is 11.1 Å². The first-order valence-corrected chi connectivity index (χ1v) is 9.41. The Kier molecular flexibility index (Phi) is 5.73. The first-order chi connectivity index (χ1) is 12.1. The summed E-state index contributed by atoms with van der Waals surface area (Å²) in [5.41, 5.74) is -1.36. The largest absolute Gasteiger partial charge is 0.502 e. The third-order valence-corrected chi connectivity index (χ3v) is 5.06. The van der Waals surface area contributed by atoms with Crippen molar-refractivity contribution in [3.63, 3.8) is 0 Å². The zero-order valence-corrected chi connectivity index (χ0v) is 15.3. The maximum atomic E-state index is 12.2. The van der Waals surface area contributed by atoms with Crippen LogP contribution < -0.4 is 0 Å². The van der Waals surface area contributed by atoms with Crippen LogP contribution in [0.5, 0.6) is 5.75 Å². The van der Waals surface area contributed by atoms with Crippen LogP contribution in [0, 0.1) is 20.2 Å². The zero-order valence-electron chi connectivity index (χ0n) is 12.9. The molecule has 2 rings (SSSR count). The number of benzene rings is 2. The van der Waals surface area contributed by atoms with E-state index in [0.29, 0.717) is 11.6 Å². The number of hydrogen-bond donors (Lipinski definition) is 1. The minimum atomic E-state index is -3.78. The van der Waals surface area contributed by atoms with E-state index in [2.05, 4.69) is 15.9 Å². The van der Waals surface area contributed by atoms with E-state index < -0.39 is 36.8 Å². The number of rotatable bonds is 6. The molecule has 11 heteroatoms. The van der Waals surface area contributed by atoms with Gasteiger partial charge < -0.3 is 5.11 Å². The number of phenols is 1. The fourth-order valence-corrected chi connectivity index (χ4v) is 3.41. The minimum absolute atomic E-state index is 0.339. The Balaban J connectivity index is 2.37. The molecule has 26 heavy (non-hydrogen) atoms. The Bertz CT molecular complexity index is 1000. The highest BCUT2D eigenvalue weighted by Gasteiger charge is 2.23. The molecule has 0 fully saturated rings. The van der Waals surface area contributed by atoms with Crippen LogP contribution in [0.2, 0.25) is 0 Å². The lowest BCUT2D eigenvalue weighted by Crippen LogP contribution is -2.00. The second-order valence-corrected chi connectivity index (χ2v) is 7.96. The van der Waals surface area contributed by atoms with Crippen LogP contribution in [0.25, 0.3) is 6.08 Å². The molecule has 9 nitrogen and oxygen atoms in total. The van der Waals surface area contributed by atoms with Gasteiger partial charge in [0.1, 0.15) is 0 Å². The fraction of sp³-hybridized carbons (Fsp3) is 0.0667. The third-order valence-electron chi connectivity index (χ3n) is 3.25. The molecular formula is C15H11BrN2O7S. The van der Waals surface area contributed by atoms with Crippen molar-refractivity contribution in [2.75, 3.05) is 0 Å². The first-order valence-electron chi connectivity index (χ1n) is 6.90. The van der Waals surface area contributed by atoms with Crippen LogP contribution in [0.15, 0.2) is 46.3 Å². The van der Waals surface area contributed by atoms with E-state index in [9.17, 15) is 33.8 Å². The van der Waals surface area contributed by atoms with E-state index >= 15 is 0 Å². The van der Waals surface area contributed by atoms with Crippen molar-refractivity contribution >= 4 is 43.2 Å². The van der Waals surface area contributed by atoms with Crippen molar-refractivity contribution in [3.8, 4) is 5.75 Å². The molecule has 0 amide bonds. The Morgan fingerprint density at radius 2 is 1.69 bits per heavy atom. The molecule has 0 saturated heterocycles. The van der Waals surface area contributed by atoms with Gasteiger partial charge in [0.25, 0.3) is 5.69 Å². The highest BCUT2D eigenvalue weighted by molar-refractivity contribution is 9.10. The van der Waals surface area contributed by atoms with Crippen molar-refractivity contribution in [1.29, 1.82) is 0 Å². The van der Waals surface area contributed by atoms with Gasteiger partial charge in [0.05, 0.1) is 21.7 Å². The highest BCUT2D eigenvalue weighted by atomic mass is 79.9.